The van der Waals surface area contributed by atoms with Gasteiger partial charge in [0.25, 0.3) is 0 Å². The maximum atomic E-state index is 8.54. The van der Waals surface area contributed by atoms with Crippen LogP contribution in [0.15, 0.2) is 0 Å². The maximum absolute atomic E-state index is 8.54. The average Bonchev–Trinajstić information content (AvgIpc) is 2.01. The van der Waals surface area contributed by atoms with Gasteiger partial charge in [0.15, 0.2) is 0 Å². The summed E-state index contributed by atoms with van der Waals surface area (Å²) in [6, 6.07) is 0.859. The fraction of sp³-hybridized carbons (Fsp3) is 1.00. The van der Waals surface area contributed by atoms with E-state index in [0.29, 0.717) is 0 Å². The van der Waals surface area contributed by atoms with Crippen molar-refractivity contribution >= 4 is 0 Å². The van der Waals surface area contributed by atoms with Crippen LogP contribution in [0.1, 0.15) is 25.7 Å². The monoisotopic (exact) mass is 186 g/mol. The number of hydrogen-bond donors (Lipinski definition) is 2. The molecule has 1 fully saturated rings. The number of aliphatic hydroxyl groups excluding tert-OH is 1. The van der Waals surface area contributed by atoms with E-state index in [1.165, 1.54) is 32.2 Å². The molecule has 3 heteroatoms. The Morgan fingerprint density at radius 3 is 2.69 bits per heavy atom. The number of aliphatic hydroxyl groups is 1. The second kappa shape index (κ2) is 6.35. The fourth-order valence-electron chi connectivity index (χ4n) is 1.67. The molecule has 0 unspecified atom stereocenters. The summed E-state index contributed by atoms with van der Waals surface area (Å²) in [5.74, 6) is 0. The Hall–Kier alpha value is -0.120. The molecule has 13 heavy (non-hydrogen) atoms. The smallest absolute Gasteiger partial charge is 0.0555 e. The van der Waals surface area contributed by atoms with Gasteiger partial charge >= 0.3 is 0 Å². The Labute approximate surface area is 81.1 Å². The molecule has 0 heterocycles. The highest BCUT2D eigenvalue weighted by molar-refractivity contribution is 4.77. The van der Waals surface area contributed by atoms with Gasteiger partial charge in [-0.2, -0.15) is 0 Å². The second-order valence-corrected chi connectivity index (χ2v) is 3.89. The van der Waals surface area contributed by atoms with Crippen molar-refractivity contribution in [2.24, 2.45) is 0 Å². The number of hydrogen-bond acceptors (Lipinski definition) is 3. The zero-order chi connectivity index (χ0) is 9.52. The van der Waals surface area contributed by atoms with Crippen molar-refractivity contribution in [3.63, 3.8) is 0 Å². The largest absolute Gasteiger partial charge is 0.395 e. The number of nitrogens with one attached hydrogen (secondary N) is 1. The van der Waals surface area contributed by atoms with E-state index in [-0.39, 0.29) is 6.61 Å². The molecule has 0 aromatic rings. The fourth-order valence-corrected chi connectivity index (χ4v) is 1.67. The molecule has 2 N–H and O–H groups in total. The molecule has 78 valence electrons. The number of nitrogens with zero attached hydrogens (tertiary/aromatic N) is 1. The van der Waals surface area contributed by atoms with Crippen LogP contribution in [-0.4, -0.2) is 49.3 Å². The van der Waals surface area contributed by atoms with Crippen molar-refractivity contribution in [2.45, 2.75) is 31.7 Å². The van der Waals surface area contributed by atoms with Gasteiger partial charge in [0.05, 0.1) is 6.61 Å². The molecule has 0 atom stereocenters. The van der Waals surface area contributed by atoms with Crippen molar-refractivity contribution in [2.75, 3.05) is 33.3 Å². The molecule has 0 aliphatic heterocycles. The van der Waals surface area contributed by atoms with Crippen molar-refractivity contribution in [1.82, 2.24) is 10.2 Å². The van der Waals surface area contributed by atoms with Crippen LogP contribution in [0.4, 0.5) is 0 Å². The maximum Gasteiger partial charge on any atom is 0.0555 e. The van der Waals surface area contributed by atoms with Crippen molar-refractivity contribution in [3.05, 3.63) is 0 Å². The first-order chi connectivity index (χ1) is 6.34. The van der Waals surface area contributed by atoms with Crippen LogP contribution in [0.2, 0.25) is 0 Å². The summed E-state index contributed by atoms with van der Waals surface area (Å²) in [5.41, 5.74) is 0. The summed E-state index contributed by atoms with van der Waals surface area (Å²) in [5, 5.41) is 11.7. The van der Waals surface area contributed by atoms with E-state index in [1.54, 1.807) is 0 Å². The van der Waals surface area contributed by atoms with Gasteiger partial charge in [-0.05, 0) is 39.4 Å². The molecule has 0 spiro atoms. The van der Waals surface area contributed by atoms with Crippen molar-refractivity contribution in [3.8, 4) is 0 Å². The van der Waals surface area contributed by atoms with E-state index in [0.717, 1.165) is 19.1 Å². The Bertz CT molecular complexity index is 126. The second-order valence-electron chi connectivity index (χ2n) is 3.89. The van der Waals surface area contributed by atoms with Crippen LogP contribution in [0, 0.1) is 0 Å². The Kier molecular flexibility index (Phi) is 5.35. The Morgan fingerprint density at radius 1 is 1.38 bits per heavy atom. The predicted molar refractivity (Wildman–Crippen MR) is 54.8 cm³/mol. The SMILES string of the molecule is CN(CCCNCCO)C1CCC1. The minimum Gasteiger partial charge on any atom is -0.395 e. The highest BCUT2D eigenvalue weighted by atomic mass is 16.3. The van der Waals surface area contributed by atoms with E-state index < -0.39 is 0 Å². The number of rotatable bonds is 7. The van der Waals surface area contributed by atoms with Gasteiger partial charge in [0.2, 0.25) is 0 Å². The third-order valence-corrected chi connectivity index (χ3v) is 2.85. The van der Waals surface area contributed by atoms with Crippen molar-refractivity contribution < 1.29 is 5.11 Å². The van der Waals surface area contributed by atoms with E-state index in [9.17, 15) is 0 Å². The molecule has 3 nitrogen and oxygen atoms in total. The van der Waals surface area contributed by atoms with Gasteiger partial charge in [0, 0.05) is 12.6 Å². The van der Waals surface area contributed by atoms with E-state index >= 15 is 0 Å². The first kappa shape index (κ1) is 11.0. The summed E-state index contributed by atoms with van der Waals surface area (Å²) < 4.78 is 0. The lowest BCUT2D eigenvalue weighted by Gasteiger charge is -2.34. The molecule has 0 aromatic carbocycles. The van der Waals surface area contributed by atoms with Gasteiger partial charge in [-0.3, -0.25) is 0 Å². The quantitative estimate of drug-likeness (QED) is 0.566. The molecule has 0 radical (unpaired) electrons. The third-order valence-electron chi connectivity index (χ3n) is 2.85. The lowest BCUT2D eigenvalue weighted by Crippen LogP contribution is -2.38. The van der Waals surface area contributed by atoms with Crippen LogP contribution in [0.3, 0.4) is 0 Å². The zero-order valence-corrected chi connectivity index (χ0v) is 8.63. The summed E-state index contributed by atoms with van der Waals surface area (Å²) in [4.78, 5) is 2.46. The van der Waals surface area contributed by atoms with Gasteiger partial charge < -0.3 is 15.3 Å². The minimum atomic E-state index is 0.248. The standard InChI is InChI=1S/C10H22N2O/c1-12(10-4-2-5-10)8-3-6-11-7-9-13/h10-11,13H,2-9H2,1H3. The first-order valence-electron chi connectivity index (χ1n) is 5.36. The normalized spacial score (nSPS) is 17.8. The Balaban J connectivity index is 1.86. The molecular weight excluding hydrogens is 164 g/mol. The van der Waals surface area contributed by atoms with Crippen molar-refractivity contribution in [1.29, 1.82) is 0 Å². The molecule has 1 saturated carbocycles. The summed E-state index contributed by atoms with van der Waals surface area (Å²) in [6.45, 7) is 3.19. The molecule has 1 aliphatic carbocycles. The third kappa shape index (κ3) is 4.07. The summed E-state index contributed by atoms with van der Waals surface area (Å²) >= 11 is 0. The first-order valence-corrected chi connectivity index (χ1v) is 5.36. The summed E-state index contributed by atoms with van der Waals surface area (Å²) in [7, 11) is 2.22. The van der Waals surface area contributed by atoms with Gasteiger partial charge in [0.1, 0.15) is 0 Å². The molecule has 1 aliphatic rings. The minimum absolute atomic E-state index is 0.248. The molecule has 0 saturated heterocycles. The molecule has 1 rings (SSSR count). The lowest BCUT2D eigenvalue weighted by molar-refractivity contribution is 0.158. The van der Waals surface area contributed by atoms with Gasteiger partial charge in [-0.15, -0.1) is 0 Å². The van der Waals surface area contributed by atoms with Crippen LogP contribution >= 0.6 is 0 Å². The topological polar surface area (TPSA) is 35.5 Å². The molecule has 0 aromatic heterocycles. The van der Waals surface area contributed by atoms with Crippen LogP contribution < -0.4 is 5.32 Å². The zero-order valence-electron chi connectivity index (χ0n) is 8.63. The average molecular weight is 186 g/mol. The van der Waals surface area contributed by atoms with Crippen LogP contribution in [0.5, 0.6) is 0 Å². The highest BCUT2D eigenvalue weighted by Gasteiger charge is 2.20. The highest BCUT2D eigenvalue weighted by Crippen LogP contribution is 2.23. The van der Waals surface area contributed by atoms with Gasteiger partial charge in [-0.25, -0.2) is 0 Å². The predicted octanol–water partition coefficient (Wildman–Crippen LogP) is 0.443. The molecule has 0 bridgehead atoms. The van der Waals surface area contributed by atoms with E-state index in [4.69, 9.17) is 5.11 Å². The van der Waals surface area contributed by atoms with Gasteiger partial charge in [-0.1, -0.05) is 6.42 Å². The molecular formula is C10H22N2O. The van der Waals surface area contributed by atoms with Crippen LogP contribution in [0.25, 0.3) is 0 Å². The van der Waals surface area contributed by atoms with Crippen LogP contribution in [-0.2, 0) is 0 Å². The van der Waals surface area contributed by atoms with E-state index in [2.05, 4.69) is 17.3 Å². The molecule has 0 amide bonds. The summed E-state index contributed by atoms with van der Waals surface area (Å²) in [6.07, 6.45) is 5.38. The Morgan fingerprint density at radius 2 is 2.15 bits per heavy atom. The van der Waals surface area contributed by atoms with E-state index in [1.807, 2.05) is 0 Å². The lowest BCUT2D eigenvalue weighted by atomic mass is 9.92.